The highest BCUT2D eigenvalue weighted by atomic mass is 19.1. The Morgan fingerprint density at radius 1 is 1.04 bits per heavy atom. The third kappa shape index (κ3) is 3.16. The number of esters is 1. The lowest BCUT2D eigenvalue weighted by Gasteiger charge is -2.09. The number of fused-ring (bicyclic) bond motifs is 1. The van der Waals surface area contributed by atoms with Crippen molar-refractivity contribution in [3.63, 3.8) is 0 Å². The maximum Gasteiger partial charge on any atom is 0.339 e. The van der Waals surface area contributed by atoms with Gasteiger partial charge in [0.15, 0.2) is 11.6 Å². The van der Waals surface area contributed by atoms with E-state index in [4.69, 9.17) is 9.47 Å². The smallest absolute Gasteiger partial charge is 0.339 e. The summed E-state index contributed by atoms with van der Waals surface area (Å²) in [6.45, 7) is 0.00295. The molecular formula is C19H15FO3. The lowest BCUT2D eigenvalue weighted by molar-refractivity contribution is 0.0474. The van der Waals surface area contributed by atoms with Crippen molar-refractivity contribution in [2.45, 2.75) is 6.61 Å². The van der Waals surface area contributed by atoms with Gasteiger partial charge in [-0.3, -0.25) is 0 Å². The van der Waals surface area contributed by atoms with Crippen molar-refractivity contribution in [3.8, 4) is 5.75 Å². The van der Waals surface area contributed by atoms with E-state index in [0.717, 1.165) is 10.8 Å². The van der Waals surface area contributed by atoms with Crippen molar-refractivity contribution >= 4 is 16.7 Å². The first kappa shape index (κ1) is 15.0. The number of hydrogen-bond donors (Lipinski definition) is 0. The molecule has 116 valence electrons. The van der Waals surface area contributed by atoms with E-state index in [0.29, 0.717) is 11.1 Å². The number of benzene rings is 3. The van der Waals surface area contributed by atoms with E-state index in [1.54, 1.807) is 12.1 Å². The van der Waals surface area contributed by atoms with Gasteiger partial charge >= 0.3 is 5.97 Å². The van der Waals surface area contributed by atoms with Crippen LogP contribution in [-0.4, -0.2) is 13.1 Å². The molecule has 0 aromatic heterocycles. The van der Waals surface area contributed by atoms with Gasteiger partial charge in [0.25, 0.3) is 0 Å². The molecule has 0 aliphatic heterocycles. The number of carbonyl (C=O) groups is 1. The summed E-state index contributed by atoms with van der Waals surface area (Å²) in [5.74, 6) is -0.752. The van der Waals surface area contributed by atoms with Gasteiger partial charge in [-0.2, -0.15) is 0 Å². The molecule has 3 rings (SSSR count). The average Bonchev–Trinajstić information content (AvgIpc) is 2.59. The molecule has 0 aliphatic rings. The summed E-state index contributed by atoms with van der Waals surface area (Å²) in [5, 5.41) is 1.80. The molecule has 0 bridgehead atoms. The lowest BCUT2D eigenvalue weighted by Crippen LogP contribution is -2.06. The second-order valence-electron chi connectivity index (χ2n) is 5.07. The SMILES string of the molecule is COc1ccc(COC(=O)c2cccc3ccccc23)cc1F. The van der Waals surface area contributed by atoms with Crippen molar-refractivity contribution < 1.29 is 18.7 Å². The Bertz CT molecular complexity index is 853. The summed E-state index contributed by atoms with van der Waals surface area (Å²) in [7, 11) is 1.40. The molecule has 0 fully saturated rings. The minimum atomic E-state index is -0.480. The zero-order valence-electron chi connectivity index (χ0n) is 12.6. The summed E-state index contributed by atoms with van der Waals surface area (Å²) in [5.41, 5.74) is 1.06. The summed E-state index contributed by atoms with van der Waals surface area (Å²) in [6, 6.07) is 17.5. The quantitative estimate of drug-likeness (QED) is 0.672. The number of ether oxygens (including phenoxy) is 2. The van der Waals surface area contributed by atoms with Gasteiger partial charge < -0.3 is 9.47 Å². The molecule has 0 saturated heterocycles. The molecule has 3 aromatic carbocycles. The number of hydrogen-bond acceptors (Lipinski definition) is 3. The maximum atomic E-state index is 13.6. The molecule has 0 heterocycles. The largest absolute Gasteiger partial charge is 0.494 e. The molecule has 4 heteroatoms. The van der Waals surface area contributed by atoms with E-state index in [-0.39, 0.29) is 12.4 Å². The van der Waals surface area contributed by atoms with Crippen LogP contribution in [0.5, 0.6) is 5.75 Å². The zero-order chi connectivity index (χ0) is 16.2. The van der Waals surface area contributed by atoms with Crippen LogP contribution < -0.4 is 4.74 Å². The van der Waals surface area contributed by atoms with Gasteiger partial charge in [-0.15, -0.1) is 0 Å². The first-order chi connectivity index (χ1) is 11.2. The third-order valence-corrected chi connectivity index (χ3v) is 3.60. The van der Waals surface area contributed by atoms with Crippen molar-refractivity contribution in [2.24, 2.45) is 0 Å². The number of carbonyl (C=O) groups excluding carboxylic acids is 1. The molecule has 0 atom stereocenters. The molecule has 3 nitrogen and oxygen atoms in total. The molecule has 0 N–H and O–H groups in total. The zero-order valence-corrected chi connectivity index (χ0v) is 12.6. The van der Waals surface area contributed by atoms with E-state index in [9.17, 15) is 9.18 Å². The van der Waals surface area contributed by atoms with Gasteiger partial charge in [-0.25, -0.2) is 9.18 Å². The van der Waals surface area contributed by atoms with Gasteiger partial charge in [-0.05, 0) is 34.5 Å². The molecule has 0 spiro atoms. The molecule has 3 aromatic rings. The highest BCUT2D eigenvalue weighted by molar-refractivity contribution is 6.04. The molecule has 0 aliphatic carbocycles. The Morgan fingerprint density at radius 3 is 2.61 bits per heavy atom. The van der Waals surface area contributed by atoms with Gasteiger partial charge in [0.05, 0.1) is 12.7 Å². The van der Waals surface area contributed by atoms with E-state index in [1.807, 2.05) is 36.4 Å². The first-order valence-electron chi connectivity index (χ1n) is 7.16. The fraction of sp³-hybridized carbons (Fsp3) is 0.105. The van der Waals surface area contributed by atoms with Crippen LogP contribution in [0.1, 0.15) is 15.9 Å². The van der Waals surface area contributed by atoms with Crippen LogP contribution in [-0.2, 0) is 11.3 Å². The highest BCUT2D eigenvalue weighted by Gasteiger charge is 2.12. The second-order valence-corrected chi connectivity index (χ2v) is 5.07. The topological polar surface area (TPSA) is 35.5 Å². The standard InChI is InChI=1S/C19H15FO3/c1-22-18-10-9-13(11-17(18)20)12-23-19(21)16-8-4-6-14-5-2-3-7-15(14)16/h2-11H,12H2,1H3. The van der Waals surface area contributed by atoms with E-state index >= 15 is 0 Å². The Balaban J connectivity index is 1.78. The van der Waals surface area contributed by atoms with Crippen molar-refractivity contribution in [1.82, 2.24) is 0 Å². The minimum absolute atomic E-state index is 0.00295. The average molecular weight is 310 g/mol. The minimum Gasteiger partial charge on any atom is -0.494 e. The van der Waals surface area contributed by atoms with Gasteiger partial charge in [-0.1, -0.05) is 42.5 Å². The van der Waals surface area contributed by atoms with Crippen LogP contribution >= 0.6 is 0 Å². The molecule has 0 amide bonds. The molecule has 0 saturated carbocycles. The highest BCUT2D eigenvalue weighted by Crippen LogP contribution is 2.21. The number of methoxy groups -OCH3 is 1. The Hall–Kier alpha value is -2.88. The molecular weight excluding hydrogens is 295 g/mol. The van der Waals surface area contributed by atoms with E-state index in [2.05, 4.69) is 0 Å². The van der Waals surface area contributed by atoms with Gasteiger partial charge in [0.1, 0.15) is 6.61 Å². The third-order valence-electron chi connectivity index (χ3n) is 3.60. The predicted octanol–water partition coefficient (Wildman–Crippen LogP) is 4.34. The Morgan fingerprint density at radius 2 is 1.83 bits per heavy atom. The van der Waals surface area contributed by atoms with Crippen LogP contribution in [0, 0.1) is 5.82 Å². The Labute approximate surface area is 133 Å². The fourth-order valence-corrected chi connectivity index (χ4v) is 2.43. The number of rotatable bonds is 4. The lowest BCUT2D eigenvalue weighted by atomic mass is 10.0. The van der Waals surface area contributed by atoms with Crippen LogP contribution in [0.4, 0.5) is 4.39 Å². The van der Waals surface area contributed by atoms with Crippen molar-refractivity contribution in [2.75, 3.05) is 7.11 Å². The monoisotopic (exact) mass is 310 g/mol. The van der Waals surface area contributed by atoms with E-state index < -0.39 is 11.8 Å². The summed E-state index contributed by atoms with van der Waals surface area (Å²) >= 11 is 0. The van der Waals surface area contributed by atoms with Crippen LogP contribution in [0.3, 0.4) is 0 Å². The number of halogens is 1. The van der Waals surface area contributed by atoms with Crippen LogP contribution in [0.15, 0.2) is 60.7 Å². The Kier molecular flexibility index (Phi) is 4.24. The summed E-state index contributed by atoms with van der Waals surface area (Å²) in [4.78, 5) is 12.3. The molecule has 23 heavy (non-hydrogen) atoms. The normalized spacial score (nSPS) is 10.5. The molecule has 0 radical (unpaired) electrons. The van der Waals surface area contributed by atoms with Gasteiger partial charge in [0.2, 0.25) is 0 Å². The van der Waals surface area contributed by atoms with E-state index in [1.165, 1.54) is 19.2 Å². The predicted molar refractivity (Wildman–Crippen MR) is 86.0 cm³/mol. The van der Waals surface area contributed by atoms with Crippen molar-refractivity contribution in [3.05, 3.63) is 77.6 Å². The maximum absolute atomic E-state index is 13.6. The van der Waals surface area contributed by atoms with Crippen LogP contribution in [0.25, 0.3) is 10.8 Å². The molecule has 0 unspecified atom stereocenters. The fourth-order valence-electron chi connectivity index (χ4n) is 2.43. The van der Waals surface area contributed by atoms with Gasteiger partial charge in [0, 0.05) is 0 Å². The van der Waals surface area contributed by atoms with Crippen LogP contribution in [0.2, 0.25) is 0 Å². The first-order valence-corrected chi connectivity index (χ1v) is 7.16. The second kappa shape index (κ2) is 6.48. The van der Waals surface area contributed by atoms with Crippen molar-refractivity contribution in [1.29, 1.82) is 0 Å². The summed E-state index contributed by atoms with van der Waals surface area (Å²) < 4.78 is 23.8. The summed E-state index contributed by atoms with van der Waals surface area (Å²) in [6.07, 6.45) is 0.